The highest BCUT2D eigenvalue weighted by Crippen LogP contribution is 2.20. The zero-order valence-corrected chi connectivity index (χ0v) is 11.9. The summed E-state index contributed by atoms with van der Waals surface area (Å²) in [4.78, 5) is 6.85. The van der Waals surface area contributed by atoms with Crippen molar-refractivity contribution in [2.45, 2.75) is 12.8 Å². The van der Waals surface area contributed by atoms with E-state index in [9.17, 15) is 0 Å². The number of benzene rings is 2. The van der Waals surface area contributed by atoms with E-state index in [1.165, 1.54) is 31.6 Å². The van der Waals surface area contributed by atoms with Crippen molar-refractivity contribution in [3.8, 4) is 6.07 Å². The van der Waals surface area contributed by atoms with Crippen molar-refractivity contribution in [1.82, 2.24) is 0 Å². The van der Waals surface area contributed by atoms with Gasteiger partial charge in [-0.05, 0) is 54.8 Å². The Labute approximate surface area is 125 Å². The molecule has 1 aliphatic heterocycles. The smallest absolute Gasteiger partial charge is 0.0991 e. The summed E-state index contributed by atoms with van der Waals surface area (Å²) < 4.78 is 0. The van der Waals surface area contributed by atoms with E-state index >= 15 is 0 Å². The molecule has 0 aromatic heterocycles. The van der Waals surface area contributed by atoms with E-state index in [2.05, 4.69) is 40.2 Å². The molecule has 1 fully saturated rings. The fourth-order valence-electron chi connectivity index (χ4n) is 2.52. The Hall–Kier alpha value is -2.60. The predicted octanol–water partition coefficient (Wildman–Crippen LogP) is 3.91. The van der Waals surface area contributed by atoms with Crippen LogP contribution < -0.4 is 4.90 Å². The lowest BCUT2D eigenvalue weighted by Gasteiger charge is -2.17. The average molecular weight is 275 g/mol. The maximum atomic E-state index is 8.76. The van der Waals surface area contributed by atoms with Gasteiger partial charge in [0.2, 0.25) is 0 Å². The van der Waals surface area contributed by atoms with E-state index in [1.54, 1.807) is 12.1 Å². The second kappa shape index (κ2) is 6.23. The third-order valence-electron chi connectivity index (χ3n) is 3.72. The van der Waals surface area contributed by atoms with Crippen LogP contribution in [0.25, 0.3) is 0 Å². The van der Waals surface area contributed by atoms with Crippen LogP contribution in [0.3, 0.4) is 0 Å². The number of rotatable bonds is 3. The number of hydrogen-bond acceptors (Lipinski definition) is 3. The highest BCUT2D eigenvalue weighted by Gasteiger charge is 2.11. The maximum absolute atomic E-state index is 8.76. The fraction of sp³-hybridized carbons (Fsp3) is 0.222. The van der Waals surface area contributed by atoms with Gasteiger partial charge in [-0.1, -0.05) is 12.1 Å². The van der Waals surface area contributed by atoms with Gasteiger partial charge in [-0.2, -0.15) is 5.26 Å². The van der Waals surface area contributed by atoms with E-state index in [1.807, 2.05) is 18.3 Å². The van der Waals surface area contributed by atoms with Gasteiger partial charge in [0.1, 0.15) is 0 Å². The van der Waals surface area contributed by atoms with E-state index in [0.717, 1.165) is 11.3 Å². The largest absolute Gasteiger partial charge is 0.372 e. The molecule has 21 heavy (non-hydrogen) atoms. The van der Waals surface area contributed by atoms with Crippen molar-refractivity contribution in [1.29, 1.82) is 5.26 Å². The molecule has 2 aromatic carbocycles. The van der Waals surface area contributed by atoms with E-state index in [-0.39, 0.29) is 0 Å². The highest BCUT2D eigenvalue weighted by molar-refractivity contribution is 5.82. The molecule has 0 unspecified atom stereocenters. The van der Waals surface area contributed by atoms with Gasteiger partial charge in [0.25, 0.3) is 0 Å². The van der Waals surface area contributed by atoms with Crippen LogP contribution in [0.4, 0.5) is 11.4 Å². The van der Waals surface area contributed by atoms with Crippen molar-refractivity contribution < 1.29 is 0 Å². The number of hydrogen-bond donors (Lipinski definition) is 0. The molecule has 1 aliphatic rings. The minimum Gasteiger partial charge on any atom is -0.372 e. The van der Waals surface area contributed by atoms with Crippen LogP contribution in [0.5, 0.6) is 0 Å². The summed E-state index contributed by atoms with van der Waals surface area (Å²) in [6.45, 7) is 2.33. The van der Waals surface area contributed by atoms with E-state index in [4.69, 9.17) is 5.26 Å². The van der Waals surface area contributed by atoms with Crippen molar-refractivity contribution >= 4 is 17.6 Å². The average Bonchev–Trinajstić information content (AvgIpc) is 3.08. The first kappa shape index (κ1) is 13.4. The van der Waals surface area contributed by atoms with Crippen molar-refractivity contribution in [2.24, 2.45) is 4.99 Å². The number of aliphatic imine (C=N–C) groups is 1. The summed E-state index contributed by atoms with van der Waals surface area (Å²) in [7, 11) is 0. The molecule has 0 saturated carbocycles. The third-order valence-corrected chi connectivity index (χ3v) is 3.72. The van der Waals surface area contributed by atoms with Crippen LogP contribution in [-0.2, 0) is 0 Å². The molecule has 0 aliphatic carbocycles. The molecule has 3 rings (SSSR count). The molecule has 0 N–H and O–H groups in total. The molecule has 0 bridgehead atoms. The molecule has 0 atom stereocenters. The Morgan fingerprint density at radius 2 is 1.62 bits per heavy atom. The summed E-state index contributed by atoms with van der Waals surface area (Å²) in [6, 6.07) is 17.9. The Balaban J connectivity index is 1.69. The first-order chi connectivity index (χ1) is 10.3. The van der Waals surface area contributed by atoms with Gasteiger partial charge in [0.15, 0.2) is 0 Å². The van der Waals surface area contributed by atoms with Crippen LogP contribution >= 0.6 is 0 Å². The van der Waals surface area contributed by atoms with E-state index in [0.29, 0.717) is 5.56 Å². The summed E-state index contributed by atoms with van der Waals surface area (Å²) >= 11 is 0. The van der Waals surface area contributed by atoms with Crippen molar-refractivity contribution in [3.05, 3.63) is 59.7 Å². The number of nitrogens with zero attached hydrogens (tertiary/aromatic N) is 3. The Morgan fingerprint density at radius 1 is 0.952 bits per heavy atom. The first-order valence-electron chi connectivity index (χ1n) is 7.24. The van der Waals surface area contributed by atoms with Crippen molar-refractivity contribution in [3.63, 3.8) is 0 Å². The van der Waals surface area contributed by atoms with Crippen molar-refractivity contribution in [2.75, 3.05) is 18.0 Å². The normalized spacial score (nSPS) is 14.5. The predicted molar refractivity (Wildman–Crippen MR) is 86.3 cm³/mol. The Bertz CT molecular complexity index is 657. The molecular weight excluding hydrogens is 258 g/mol. The summed E-state index contributed by atoms with van der Waals surface area (Å²) in [5, 5.41) is 8.76. The van der Waals surface area contributed by atoms with Gasteiger partial charge in [-0.25, -0.2) is 0 Å². The van der Waals surface area contributed by atoms with Gasteiger partial charge >= 0.3 is 0 Å². The minimum absolute atomic E-state index is 0.656. The molecule has 0 spiro atoms. The lowest BCUT2D eigenvalue weighted by Crippen LogP contribution is -2.17. The molecule has 1 heterocycles. The SMILES string of the molecule is N#Cc1ccc(N=Cc2ccc(N3CCCC3)cc2)cc1. The first-order valence-corrected chi connectivity index (χ1v) is 7.24. The summed E-state index contributed by atoms with van der Waals surface area (Å²) in [5.41, 5.74) is 3.90. The van der Waals surface area contributed by atoms with Gasteiger partial charge in [-0.3, -0.25) is 4.99 Å². The standard InChI is InChI=1S/C18H17N3/c19-13-15-3-7-17(8-4-15)20-14-16-5-9-18(10-6-16)21-11-1-2-12-21/h3-10,14H,1-2,11-12H2. The molecule has 2 aromatic rings. The van der Waals surface area contributed by atoms with Gasteiger partial charge in [0.05, 0.1) is 17.3 Å². The zero-order valence-electron chi connectivity index (χ0n) is 11.9. The van der Waals surface area contributed by atoms with Gasteiger partial charge in [0, 0.05) is 25.0 Å². The highest BCUT2D eigenvalue weighted by atomic mass is 15.1. The summed E-state index contributed by atoms with van der Waals surface area (Å²) in [6.07, 6.45) is 4.44. The van der Waals surface area contributed by atoms with Gasteiger partial charge < -0.3 is 4.90 Å². The van der Waals surface area contributed by atoms with Gasteiger partial charge in [-0.15, -0.1) is 0 Å². The summed E-state index contributed by atoms with van der Waals surface area (Å²) in [5.74, 6) is 0. The molecule has 0 radical (unpaired) electrons. The number of nitriles is 1. The van der Waals surface area contributed by atoms with E-state index < -0.39 is 0 Å². The molecular formula is C18H17N3. The zero-order chi connectivity index (χ0) is 14.5. The van der Waals surface area contributed by atoms with Crippen LogP contribution in [0.2, 0.25) is 0 Å². The maximum Gasteiger partial charge on any atom is 0.0991 e. The Morgan fingerprint density at radius 3 is 2.24 bits per heavy atom. The minimum atomic E-state index is 0.656. The van der Waals surface area contributed by atoms with Crippen LogP contribution in [-0.4, -0.2) is 19.3 Å². The molecule has 3 heteroatoms. The van der Waals surface area contributed by atoms with Crippen LogP contribution in [0.1, 0.15) is 24.0 Å². The van der Waals surface area contributed by atoms with Crippen LogP contribution in [0, 0.1) is 11.3 Å². The monoisotopic (exact) mass is 275 g/mol. The second-order valence-electron chi connectivity index (χ2n) is 5.20. The molecule has 1 saturated heterocycles. The quantitative estimate of drug-likeness (QED) is 0.797. The molecule has 104 valence electrons. The molecule has 3 nitrogen and oxygen atoms in total. The lowest BCUT2D eigenvalue weighted by molar-refractivity contribution is 0.949. The molecule has 0 amide bonds. The lowest BCUT2D eigenvalue weighted by atomic mass is 10.2. The Kier molecular flexibility index (Phi) is 3.97. The topological polar surface area (TPSA) is 39.4 Å². The third kappa shape index (κ3) is 3.29. The van der Waals surface area contributed by atoms with Crippen LogP contribution in [0.15, 0.2) is 53.5 Å². The fourth-order valence-corrected chi connectivity index (χ4v) is 2.52. The number of anilines is 1. The second-order valence-corrected chi connectivity index (χ2v) is 5.20.